The zero-order valence-corrected chi connectivity index (χ0v) is 17.4. The summed E-state index contributed by atoms with van der Waals surface area (Å²) in [4.78, 5) is 18.4. The first-order valence-electron chi connectivity index (χ1n) is 10.1. The third-order valence-corrected chi connectivity index (χ3v) is 5.40. The second-order valence-corrected chi connectivity index (χ2v) is 9.06. The Balaban J connectivity index is 0.000000177. The van der Waals surface area contributed by atoms with Crippen LogP contribution in [0.4, 0.5) is 4.79 Å². The molecule has 156 valence electrons. The lowest BCUT2D eigenvalue weighted by molar-refractivity contribution is -0.0569. The summed E-state index contributed by atoms with van der Waals surface area (Å²) >= 11 is 0. The minimum atomic E-state index is -0.435. The summed E-state index contributed by atoms with van der Waals surface area (Å²) in [7, 11) is 4.19. The molecule has 4 rings (SSSR count). The molecular formula is C19H36N4O4. The number of ether oxygens (including phenoxy) is 3. The van der Waals surface area contributed by atoms with E-state index in [9.17, 15) is 4.79 Å². The Labute approximate surface area is 163 Å². The van der Waals surface area contributed by atoms with E-state index < -0.39 is 5.60 Å². The lowest BCUT2D eigenvalue weighted by atomic mass is 10.1. The van der Waals surface area contributed by atoms with Crippen molar-refractivity contribution in [2.75, 3.05) is 66.6 Å². The van der Waals surface area contributed by atoms with Gasteiger partial charge in [-0.05, 0) is 34.9 Å². The molecule has 4 aliphatic rings. The molecule has 0 bridgehead atoms. The number of hydrogen-bond acceptors (Lipinski definition) is 7. The van der Waals surface area contributed by atoms with Crippen molar-refractivity contribution in [1.82, 2.24) is 20.0 Å². The number of nitrogens with one attached hydrogen (secondary N) is 1. The van der Waals surface area contributed by atoms with Gasteiger partial charge in [-0.2, -0.15) is 0 Å². The lowest BCUT2D eigenvalue weighted by Crippen LogP contribution is -2.54. The maximum atomic E-state index is 12.1. The smallest absolute Gasteiger partial charge is 0.410 e. The molecule has 4 aliphatic heterocycles. The van der Waals surface area contributed by atoms with E-state index in [4.69, 9.17) is 14.2 Å². The van der Waals surface area contributed by atoms with E-state index in [1.165, 1.54) is 0 Å². The number of amides is 1. The second-order valence-electron chi connectivity index (χ2n) is 9.06. The van der Waals surface area contributed by atoms with Crippen LogP contribution in [0, 0.1) is 0 Å². The van der Waals surface area contributed by atoms with E-state index in [1.807, 2.05) is 25.7 Å². The normalized spacial score (nSPS) is 34.5. The van der Waals surface area contributed by atoms with Gasteiger partial charge < -0.3 is 29.3 Å². The van der Waals surface area contributed by atoms with Gasteiger partial charge in [-0.1, -0.05) is 0 Å². The maximum Gasteiger partial charge on any atom is 0.410 e. The second kappa shape index (κ2) is 8.61. The van der Waals surface area contributed by atoms with Crippen LogP contribution in [-0.2, 0) is 14.2 Å². The average Bonchev–Trinajstić information content (AvgIpc) is 3.13. The van der Waals surface area contributed by atoms with Crippen molar-refractivity contribution >= 4 is 6.09 Å². The highest BCUT2D eigenvalue weighted by atomic mass is 16.6. The summed E-state index contributed by atoms with van der Waals surface area (Å²) < 4.78 is 16.7. The molecule has 8 nitrogen and oxygen atoms in total. The molecule has 4 heterocycles. The first kappa shape index (κ1) is 20.8. The zero-order chi connectivity index (χ0) is 19.6. The third-order valence-electron chi connectivity index (χ3n) is 5.40. The Bertz CT molecular complexity index is 498. The van der Waals surface area contributed by atoms with Gasteiger partial charge in [0, 0.05) is 45.3 Å². The topological polar surface area (TPSA) is 66.5 Å². The van der Waals surface area contributed by atoms with Gasteiger partial charge in [0.15, 0.2) is 0 Å². The monoisotopic (exact) mass is 384 g/mol. The maximum absolute atomic E-state index is 12.1. The van der Waals surface area contributed by atoms with Crippen LogP contribution in [0.2, 0.25) is 0 Å². The van der Waals surface area contributed by atoms with Crippen LogP contribution in [0.5, 0.6) is 0 Å². The lowest BCUT2D eigenvalue weighted by Gasteiger charge is -2.37. The van der Waals surface area contributed by atoms with Crippen LogP contribution in [0.3, 0.4) is 0 Å². The number of fused-ring (bicyclic) bond motifs is 2. The van der Waals surface area contributed by atoms with Gasteiger partial charge in [0.25, 0.3) is 0 Å². The van der Waals surface area contributed by atoms with E-state index in [0.717, 1.165) is 39.3 Å². The van der Waals surface area contributed by atoms with Crippen molar-refractivity contribution in [3.05, 3.63) is 0 Å². The number of hydrogen-bond donors (Lipinski definition) is 1. The molecule has 0 aliphatic carbocycles. The number of carbonyl (C=O) groups is 1. The van der Waals surface area contributed by atoms with Crippen molar-refractivity contribution in [2.45, 2.75) is 50.7 Å². The average molecular weight is 385 g/mol. The van der Waals surface area contributed by atoms with E-state index in [2.05, 4.69) is 29.2 Å². The Hall–Kier alpha value is -0.930. The van der Waals surface area contributed by atoms with E-state index in [-0.39, 0.29) is 18.2 Å². The molecule has 27 heavy (non-hydrogen) atoms. The summed E-state index contributed by atoms with van der Waals surface area (Å²) in [6.07, 6.45) is 0.381. The van der Waals surface area contributed by atoms with Crippen molar-refractivity contribution in [1.29, 1.82) is 0 Å². The van der Waals surface area contributed by atoms with Gasteiger partial charge >= 0.3 is 6.09 Å². The fourth-order valence-corrected chi connectivity index (χ4v) is 4.20. The summed E-state index contributed by atoms with van der Waals surface area (Å²) in [5, 5.41) is 3.44. The molecule has 0 aromatic heterocycles. The van der Waals surface area contributed by atoms with E-state index in [0.29, 0.717) is 25.3 Å². The van der Waals surface area contributed by atoms with E-state index in [1.54, 1.807) is 0 Å². The van der Waals surface area contributed by atoms with Crippen molar-refractivity contribution in [2.24, 2.45) is 0 Å². The van der Waals surface area contributed by atoms with Crippen LogP contribution >= 0.6 is 0 Å². The summed E-state index contributed by atoms with van der Waals surface area (Å²) in [6.45, 7) is 12.8. The first-order chi connectivity index (χ1) is 12.7. The highest BCUT2D eigenvalue weighted by Crippen LogP contribution is 2.23. The molecule has 0 aromatic rings. The third kappa shape index (κ3) is 5.54. The summed E-state index contributed by atoms with van der Waals surface area (Å²) in [6, 6.07) is 0.738. The Kier molecular flexibility index (Phi) is 6.63. The molecule has 2 unspecified atom stereocenters. The molecule has 1 N–H and O–H groups in total. The fraction of sp³-hybridized carbons (Fsp3) is 0.947. The number of likely N-dealkylation sites (N-methyl/N-ethyl adjacent to an activating group) is 2. The molecule has 4 fully saturated rings. The van der Waals surface area contributed by atoms with Gasteiger partial charge in [-0.15, -0.1) is 0 Å². The van der Waals surface area contributed by atoms with Gasteiger partial charge in [-0.25, -0.2) is 4.79 Å². The molecule has 8 heteroatoms. The molecule has 0 saturated carbocycles. The van der Waals surface area contributed by atoms with Gasteiger partial charge in [0.1, 0.15) is 5.60 Å². The van der Waals surface area contributed by atoms with Gasteiger partial charge in [-0.3, -0.25) is 4.90 Å². The number of likely N-dealkylation sites (tertiary alicyclic amines) is 2. The number of carbonyl (C=O) groups excluding carboxylic acids is 1. The van der Waals surface area contributed by atoms with Crippen LogP contribution in [0.15, 0.2) is 0 Å². The number of morpholine rings is 2. The molecule has 4 atom stereocenters. The fourth-order valence-electron chi connectivity index (χ4n) is 4.20. The van der Waals surface area contributed by atoms with E-state index >= 15 is 0 Å². The van der Waals surface area contributed by atoms with Crippen LogP contribution in [-0.4, -0.2) is 117 Å². The molecular weight excluding hydrogens is 348 g/mol. The molecule has 0 aromatic carbocycles. The van der Waals surface area contributed by atoms with Crippen molar-refractivity contribution < 1.29 is 19.0 Å². The number of nitrogens with zero attached hydrogens (tertiary/aromatic N) is 3. The van der Waals surface area contributed by atoms with Crippen molar-refractivity contribution in [3.63, 3.8) is 0 Å². The van der Waals surface area contributed by atoms with Crippen LogP contribution < -0.4 is 5.32 Å². The minimum Gasteiger partial charge on any atom is -0.444 e. The van der Waals surface area contributed by atoms with Crippen LogP contribution in [0.25, 0.3) is 0 Å². The molecule has 0 spiro atoms. The Morgan fingerprint density at radius 3 is 2.37 bits per heavy atom. The summed E-state index contributed by atoms with van der Waals surface area (Å²) in [5.41, 5.74) is -0.435. The Morgan fingerprint density at radius 1 is 1.00 bits per heavy atom. The minimum absolute atomic E-state index is 0.140. The van der Waals surface area contributed by atoms with Crippen molar-refractivity contribution in [3.8, 4) is 0 Å². The molecule has 1 amide bonds. The summed E-state index contributed by atoms with van der Waals surface area (Å²) in [5.74, 6) is 0. The largest absolute Gasteiger partial charge is 0.444 e. The highest BCUT2D eigenvalue weighted by molar-refractivity contribution is 5.69. The predicted octanol–water partition coefficient (Wildman–Crippen LogP) is 0.225. The highest BCUT2D eigenvalue weighted by Gasteiger charge is 2.42. The Morgan fingerprint density at radius 2 is 1.67 bits per heavy atom. The van der Waals surface area contributed by atoms with Gasteiger partial charge in [0.2, 0.25) is 0 Å². The predicted molar refractivity (Wildman–Crippen MR) is 103 cm³/mol. The molecule has 4 saturated heterocycles. The standard InChI is InChI=1S/C12H22N2O3.C7H14N2O/c1-12(2,3)17-11(15)14-5-6-16-10-8-13(4)7-9(10)14;1-9-4-6-7(5-9)10-3-2-8-6/h9-10H,5-8H2,1-4H3;6-8H,2-5H2,1H3/t9-,10?;6-,7?/m11/s1. The SMILES string of the molecule is CN1CC2OCCN(C(=O)OC(C)(C)C)[C@@H]2C1.CN1CC2OCCN[C@@H]2C1. The first-order valence-corrected chi connectivity index (χ1v) is 10.1. The molecule has 0 radical (unpaired) electrons. The quantitative estimate of drug-likeness (QED) is 0.641. The van der Waals surface area contributed by atoms with Gasteiger partial charge in [0.05, 0.1) is 31.5 Å². The number of rotatable bonds is 0. The zero-order valence-electron chi connectivity index (χ0n) is 17.4. The van der Waals surface area contributed by atoms with Crippen LogP contribution in [0.1, 0.15) is 20.8 Å².